The van der Waals surface area contributed by atoms with E-state index < -0.39 is 0 Å². The molecular formula is C10H11BrClNO. The lowest BCUT2D eigenvalue weighted by Gasteiger charge is -2.14. The molecule has 0 aromatic heterocycles. The zero-order valence-electron chi connectivity index (χ0n) is 7.50. The van der Waals surface area contributed by atoms with Crippen LogP contribution in [0.2, 0.25) is 5.02 Å². The molecule has 3 N–H and O–H groups in total. The fraction of sp³-hybridized carbons (Fsp3) is 0.400. The highest BCUT2D eigenvalue weighted by atomic mass is 79.9. The second-order valence-corrected chi connectivity index (χ2v) is 5.01. The molecule has 1 fully saturated rings. The van der Waals surface area contributed by atoms with Gasteiger partial charge in [0.25, 0.3) is 0 Å². The number of hydrogen-bond donors (Lipinski definition) is 2. The van der Waals surface area contributed by atoms with Crippen LogP contribution < -0.4 is 5.73 Å². The summed E-state index contributed by atoms with van der Waals surface area (Å²) < 4.78 is 0.853. The van der Waals surface area contributed by atoms with Crippen LogP contribution in [-0.2, 0) is 0 Å². The van der Waals surface area contributed by atoms with E-state index in [1.807, 2.05) is 6.07 Å². The zero-order valence-corrected chi connectivity index (χ0v) is 9.85. The molecule has 0 bridgehead atoms. The summed E-state index contributed by atoms with van der Waals surface area (Å²) in [5.41, 5.74) is 6.74. The molecule has 76 valence electrons. The van der Waals surface area contributed by atoms with Gasteiger partial charge in [0.15, 0.2) is 0 Å². The van der Waals surface area contributed by atoms with E-state index in [1.165, 1.54) is 0 Å². The molecule has 14 heavy (non-hydrogen) atoms. The molecule has 1 aromatic carbocycles. The smallest absolute Gasteiger partial charge is 0.139 e. The van der Waals surface area contributed by atoms with Crippen LogP contribution in [0.3, 0.4) is 0 Å². The van der Waals surface area contributed by atoms with Crippen LogP contribution in [0.25, 0.3) is 0 Å². The molecule has 1 unspecified atom stereocenters. The van der Waals surface area contributed by atoms with Gasteiger partial charge in [-0.3, -0.25) is 0 Å². The maximum absolute atomic E-state index is 9.74. The average Bonchev–Trinajstić information content (AvgIpc) is 2.93. The summed E-state index contributed by atoms with van der Waals surface area (Å²) in [6, 6.07) is 3.41. The Morgan fingerprint density at radius 1 is 1.50 bits per heavy atom. The molecule has 4 heteroatoms. The fourth-order valence-corrected chi connectivity index (χ4v) is 2.38. The van der Waals surface area contributed by atoms with E-state index in [0.717, 1.165) is 22.9 Å². The minimum atomic E-state index is -0.0926. The summed E-state index contributed by atoms with van der Waals surface area (Å²) in [5.74, 6) is 0.625. The van der Waals surface area contributed by atoms with Gasteiger partial charge in [-0.1, -0.05) is 27.5 Å². The highest BCUT2D eigenvalue weighted by Gasteiger charge is 2.31. The summed E-state index contributed by atoms with van der Waals surface area (Å²) in [5, 5.41) is 10.1. The Morgan fingerprint density at radius 3 is 2.71 bits per heavy atom. The maximum atomic E-state index is 9.74. The molecule has 0 heterocycles. The van der Waals surface area contributed by atoms with Gasteiger partial charge in [-0.25, -0.2) is 0 Å². The van der Waals surface area contributed by atoms with Gasteiger partial charge in [0.1, 0.15) is 5.75 Å². The Morgan fingerprint density at radius 2 is 2.14 bits per heavy atom. The van der Waals surface area contributed by atoms with Crippen molar-refractivity contribution in [2.24, 2.45) is 11.7 Å². The molecule has 2 rings (SSSR count). The molecule has 0 saturated heterocycles. The lowest BCUT2D eigenvalue weighted by Crippen LogP contribution is -2.12. The highest BCUT2D eigenvalue weighted by molar-refractivity contribution is 9.10. The van der Waals surface area contributed by atoms with E-state index in [9.17, 15) is 5.11 Å². The van der Waals surface area contributed by atoms with Gasteiger partial charge >= 0.3 is 0 Å². The minimum Gasteiger partial charge on any atom is -0.506 e. The van der Waals surface area contributed by atoms with Crippen LogP contribution in [0.4, 0.5) is 0 Å². The van der Waals surface area contributed by atoms with Gasteiger partial charge in [0, 0.05) is 16.1 Å². The quantitative estimate of drug-likeness (QED) is 0.871. The van der Waals surface area contributed by atoms with Crippen LogP contribution in [-0.4, -0.2) is 5.11 Å². The number of rotatable bonds is 2. The maximum Gasteiger partial charge on any atom is 0.139 e. The zero-order chi connectivity index (χ0) is 10.3. The third-order valence-corrected chi connectivity index (χ3v) is 3.29. The number of halogens is 2. The number of hydrogen-bond acceptors (Lipinski definition) is 2. The molecule has 1 atom stereocenters. The number of nitrogens with two attached hydrogens (primary N) is 1. The van der Waals surface area contributed by atoms with E-state index >= 15 is 0 Å². The van der Waals surface area contributed by atoms with Crippen molar-refractivity contribution >= 4 is 27.5 Å². The molecule has 0 radical (unpaired) electrons. The Hall–Kier alpha value is -0.250. The second kappa shape index (κ2) is 3.72. The summed E-state index contributed by atoms with van der Waals surface area (Å²) in [6.07, 6.45) is 2.29. The van der Waals surface area contributed by atoms with Crippen molar-refractivity contribution in [3.63, 3.8) is 0 Å². The van der Waals surface area contributed by atoms with E-state index in [0.29, 0.717) is 10.9 Å². The van der Waals surface area contributed by atoms with Crippen LogP contribution in [0.15, 0.2) is 16.6 Å². The summed E-state index contributed by atoms with van der Waals surface area (Å²) in [6.45, 7) is 0. The standard InChI is InChI=1S/C10H11BrClNO/c11-6-3-7(9(13)5-1-2-5)10(14)8(12)4-6/h3-5,9,14H,1-2,13H2. The molecule has 1 aliphatic carbocycles. The van der Waals surface area contributed by atoms with Crippen molar-refractivity contribution in [1.82, 2.24) is 0 Å². The fourth-order valence-electron chi connectivity index (χ4n) is 1.55. The lowest BCUT2D eigenvalue weighted by atomic mass is 10.0. The predicted octanol–water partition coefficient (Wildman–Crippen LogP) is 3.22. The van der Waals surface area contributed by atoms with Gasteiger partial charge in [-0.2, -0.15) is 0 Å². The van der Waals surface area contributed by atoms with Gasteiger partial charge in [0.05, 0.1) is 5.02 Å². The number of aromatic hydroxyl groups is 1. The SMILES string of the molecule is NC(c1cc(Br)cc(Cl)c1O)C1CC1. The normalized spacial score (nSPS) is 18.2. The molecule has 0 aliphatic heterocycles. The van der Waals surface area contributed by atoms with Crippen molar-refractivity contribution in [2.45, 2.75) is 18.9 Å². The van der Waals surface area contributed by atoms with Gasteiger partial charge < -0.3 is 10.8 Å². The number of phenolic OH excluding ortho intramolecular Hbond substituents is 1. The van der Waals surface area contributed by atoms with Crippen LogP contribution in [0, 0.1) is 5.92 Å². The number of benzene rings is 1. The Labute approximate surface area is 96.2 Å². The van der Waals surface area contributed by atoms with Gasteiger partial charge in [-0.15, -0.1) is 0 Å². The van der Waals surface area contributed by atoms with E-state index in [2.05, 4.69) is 15.9 Å². The first kappa shape index (κ1) is 10.3. The first-order chi connectivity index (χ1) is 6.59. The van der Waals surface area contributed by atoms with Crippen LogP contribution >= 0.6 is 27.5 Å². The Balaban J connectivity index is 2.39. The second-order valence-electron chi connectivity index (χ2n) is 3.69. The highest BCUT2D eigenvalue weighted by Crippen LogP contribution is 2.44. The van der Waals surface area contributed by atoms with E-state index in [4.69, 9.17) is 17.3 Å². The molecule has 0 spiro atoms. The summed E-state index contributed by atoms with van der Waals surface area (Å²) >= 11 is 9.19. The molecule has 1 aromatic rings. The van der Waals surface area contributed by atoms with Gasteiger partial charge in [-0.05, 0) is 30.9 Å². The predicted molar refractivity (Wildman–Crippen MR) is 60.5 cm³/mol. The van der Waals surface area contributed by atoms with Gasteiger partial charge in [0.2, 0.25) is 0 Å². The Bertz CT molecular complexity index is 365. The number of phenols is 1. The van der Waals surface area contributed by atoms with Crippen molar-refractivity contribution < 1.29 is 5.11 Å². The van der Waals surface area contributed by atoms with Crippen molar-refractivity contribution in [1.29, 1.82) is 0 Å². The first-order valence-electron chi connectivity index (χ1n) is 4.53. The molecule has 1 aliphatic rings. The Kier molecular flexibility index (Phi) is 2.73. The molecule has 0 amide bonds. The van der Waals surface area contributed by atoms with E-state index in [1.54, 1.807) is 6.07 Å². The molecule has 1 saturated carbocycles. The molecular weight excluding hydrogens is 265 g/mol. The topological polar surface area (TPSA) is 46.2 Å². The van der Waals surface area contributed by atoms with Crippen LogP contribution in [0.5, 0.6) is 5.75 Å². The minimum absolute atomic E-state index is 0.0926. The third-order valence-electron chi connectivity index (χ3n) is 2.55. The van der Waals surface area contributed by atoms with Crippen LogP contribution in [0.1, 0.15) is 24.4 Å². The van der Waals surface area contributed by atoms with Crippen molar-refractivity contribution in [2.75, 3.05) is 0 Å². The lowest BCUT2D eigenvalue weighted by molar-refractivity contribution is 0.456. The molecule has 2 nitrogen and oxygen atoms in total. The monoisotopic (exact) mass is 275 g/mol. The third kappa shape index (κ3) is 1.90. The summed E-state index contributed by atoms with van der Waals surface area (Å²) in [4.78, 5) is 0. The summed E-state index contributed by atoms with van der Waals surface area (Å²) in [7, 11) is 0. The average molecular weight is 277 g/mol. The van der Waals surface area contributed by atoms with Crippen molar-refractivity contribution in [3.05, 3.63) is 27.2 Å². The first-order valence-corrected chi connectivity index (χ1v) is 5.70. The van der Waals surface area contributed by atoms with Crippen molar-refractivity contribution in [3.8, 4) is 5.75 Å². The van der Waals surface area contributed by atoms with E-state index in [-0.39, 0.29) is 11.8 Å². The largest absolute Gasteiger partial charge is 0.506 e.